The molecular weight excluding hydrogens is 616 g/mol. The third-order valence-electron chi connectivity index (χ3n) is 8.37. The lowest BCUT2D eigenvalue weighted by molar-refractivity contribution is -0.112. The Labute approximate surface area is 278 Å². The summed E-state index contributed by atoms with van der Waals surface area (Å²) in [5.41, 5.74) is 3.54. The van der Waals surface area contributed by atoms with Gasteiger partial charge in [-0.3, -0.25) is 9.69 Å². The Morgan fingerprint density at radius 3 is 2.32 bits per heavy atom. The zero-order valence-corrected chi connectivity index (χ0v) is 28.4. The predicted molar refractivity (Wildman–Crippen MR) is 184 cm³/mol. The molecule has 10 heteroatoms. The van der Waals surface area contributed by atoms with Gasteiger partial charge in [0.2, 0.25) is 0 Å². The summed E-state index contributed by atoms with van der Waals surface area (Å²) in [6, 6.07) is 18.9. The van der Waals surface area contributed by atoms with Crippen molar-refractivity contribution in [3.8, 4) is 17.2 Å². The second-order valence-corrected chi connectivity index (χ2v) is 14.2. The molecule has 9 nitrogen and oxygen atoms in total. The number of benzene rings is 3. The molecular formula is C37H46N2O7S. The average Bonchev–Trinajstić information content (AvgIpc) is 3.22. The van der Waals surface area contributed by atoms with E-state index in [2.05, 4.69) is 24.2 Å². The van der Waals surface area contributed by atoms with Gasteiger partial charge in [-0.2, -0.15) is 0 Å². The molecule has 0 bridgehead atoms. The van der Waals surface area contributed by atoms with Crippen LogP contribution < -0.4 is 19.5 Å². The number of nitrogens with zero attached hydrogens (tertiary/aromatic N) is 1. The molecule has 5 rings (SSSR count). The number of sulfone groups is 1. The molecule has 0 aromatic heterocycles. The van der Waals surface area contributed by atoms with E-state index in [4.69, 9.17) is 18.9 Å². The van der Waals surface area contributed by atoms with Crippen molar-refractivity contribution >= 4 is 27.5 Å². The molecule has 0 atom stereocenters. The van der Waals surface area contributed by atoms with Crippen LogP contribution in [-0.4, -0.2) is 64.5 Å². The van der Waals surface area contributed by atoms with Crippen LogP contribution in [0.5, 0.6) is 17.2 Å². The van der Waals surface area contributed by atoms with Crippen molar-refractivity contribution in [2.45, 2.75) is 70.0 Å². The molecule has 1 saturated heterocycles. The standard InChI is InChI=1S/C37H46N2O7S/c1-4-17-44-34-12-8-28(22-35(34)45-18-5-2)26-46-33-11-13-36-30(24-33)23-29(16-21-47(36,41)42)37(40)38-31-9-6-27(7-10-31)25-39(3)32-14-19-43-20-15-32/h6-13,22-24,32H,4-5,14-21,25-26H2,1-3H3,(H,38,40). The number of rotatable bonds is 14. The zero-order valence-electron chi connectivity index (χ0n) is 27.6. The van der Waals surface area contributed by atoms with Crippen molar-refractivity contribution in [3.05, 3.63) is 82.9 Å². The largest absolute Gasteiger partial charge is 0.490 e. The highest BCUT2D eigenvalue weighted by Gasteiger charge is 2.25. The second-order valence-electron chi connectivity index (χ2n) is 12.1. The Morgan fingerprint density at radius 2 is 1.60 bits per heavy atom. The van der Waals surface area contributed by atoms with Crippen LogP contribution in [0.2, 0.25) is 0 Å². The summed E-state index contributed by atoms with van der Waals surface area (Å²) in [4.78, 5) is 15.9. The number of hydrogen-bond acceptors (Lipinski definition) is 8. The maximum absolute atomic E-state index is 13.4. The highest BCUT2D eigenvalue weighted by atomic mass is 32.2. The third kappa shape index (κ3) is 9.37. The molecule has 1 fully saturated rings. The van der Waals surface area contributed by atoms with Gasteiger partial charge in [0.05, 0.1) is 23.9 Å². The van der Waals surface area contributed by atoms with Crippen molar-refractivity contribution in [1.82, 2.24) is 4.90 Å². The van der Waals surface area contributed by atoms with Crippen LogP contribution in [0.1, 0.15) is 62.6 Å². The summed E-state index contributed by atoms with van der Waals surface area (Å²) < 4.78 is 49.6. The minimum absolute atomic E-state index is 0.111. The quantitative estimate of drug-likeness (QED) is 0.205. The number of anilines is 1. The molecule has 2 aliphatic heterocycles. The molecule has 1 amide bonds. The normalized spacial score (nSPS) is 16.1. The first kappa shape index (κ1) is 34.5. The molecule has 2 heterocycles. The van der Waals surface area contributed by atoms with Gasteiger partial charge in [0.15, 0.2) is 21.3 Å². The number of hydrogen-bond donors (Lipinski definition) is 1. The van der Waals surface area contributed by atoms with Gasteiger partial charge >= 0.3 is 0 Å². The Balaban J connectivity index is 1.26. The van der Waals surface area contributed by atoms with E-state index in [9.17, 15) is 13.2 Å². The van der Waals surface area contributed by atoms with Crippen LogP contribution in [0.4, 0.5) is 5.69 Å². The lowest BCUT2D eigenvalue weighted by atomic mass is 10.1. The topological polar surface area (TPSA) is 103 Å². The summed E-state index contributed by atoms with van der Waals surface area (Å²) >= 11 is 0. The highest BCUT2D eigenvalue weighted by molar-refractivity contribution is 7.91. The summed E-state index contributed by atoms with van der Waals surface area (Å²) in [7, 11) is -1.45. The van der Waals surface area contributed by atoms with Crippen molar-refractivity contribution in [2.24, 2.45) is 0 Å². The van der Waals surface area contributed by atoms with E-state index >= 15 is 0 Å². The molecule has 0 spiro atoms. The Morgan fingerprint density at radius 1 is 0.894 bits per heavy atom. The van der Waals surface area contributed by atoms with Crippen molar-refractivity contribution in [2.75, 3.05) is 44.5 Å². The van der Waals surface area contributed by atoms with E-state index < -0.39 is 9.84 Å². The summed E-state index contributed by atoms with van der Waals surface area (Å²) in [5.74, 6) is 1.40. The smallest absolute Gasteiger partial charge is 0.251 e. The lowest BCUT2D eigenvalue weighted by Gasteiger charge is -2.31. The first-order chi connectivity index (χ1) is 22.8. The molecule has 252 valence electrons. The number of amides is 1. The zero-order chi connectivity index (χ0) is 33.2. The Bertz CT molecular complexity index is 1650. The summed E-state index contributed by atoms with van der Waals surface area (Å²) in [6.45, 7) is 7.95. The van der Waals surface area contributed by atoms with Crippen LogP contribution in [0.25, 0.3) is 6.08 Å². The highest BCUT2D eigenvalue weighted by Crippen LogP contribution is 2.32. The summed E-state index contributed by atoms with van der Waals surface area (Å²) in [6.07, 6.45) is 5.61. The number of carbonyl (C=O) groups excluding carboxylic acids is 1. The maximum atomic E-state index is 13.4. The Kier molecular flexibility index (Phi) is 12.0. The van der Waals surface area contributed by atoms with Crippen LogP contribution in [0, 0.1) is 0 Å². The first-order valence-corrected chi connectivity index (χ1v) is 18.2. The van der Waals surface area contributed by atoms with Crippen molar-refractivity contribution in [1.29, 1.82) is 0 Å². The van der Waals surface area contributed by atoms with Crippen LogP contribution in [0.15, 0.2) is 71.1 Å². The van der Waals surface area contributed by atoms with Crippen molar-refractivity contribution in [3.63, 3.8) is 0 Å². The molecule has 3 aromatic carbocycles. The van der Waals surface area contributed by atoms with Gasteiger partial charge in [-0.05, 0) is 104 Å². The monoisotopic (exact) mass is 662 g/mol. The average molecular weight is 663 g/mol. The maximum Gasteiger partial charge on any atom is 0.251 e. The van der Waals surface area contributed by atoms with E-state index in [0.717, 1.165) is 56.6 Å². The first-order valence-electron chi connectivity index (χ1n) is 16.5. The minimum Gasteiger partial charge on any atom is -0.490 e. The molecule has 2 aliphatic rings. The summed E-state index contributed by atoms with van der Waals surface area (Å²) in [5, 5.41) is 2.95. The van der Waals surface area contributed by atoms with Gasteiger partial charge in [0.1, 0.15) is 12.4 Å². The second kappa shape index (κ2) is 16.3. The van der Waals surface area contributed by atoms with E-state index in [0.29, 0.717) is 53.3 Å². The van der Waals surface area contributed by atoms with Crippen molar-refractivity contribution < 1.29 is 32.2 Å². The minimum atomic E-state index is -3.59. The number of nitrogens with one attached hydrogen (secondary N) is 1. The predicted octanol–water partition coefficient (Wildman–Crippen LogP) is 6.65. The van der Waals surface area contributed by atoms with E-state index in [-0.39, 0.29) is 29.6 Å². The SMILES string of the molecule is CCCOc1ccc(COc2ccc3c(c2)C=C(C(=O)Nc2ccc(CN(C)C4CCOCC4)cc2)CCS3(=O)=O)cc1OCCC. The number of fused-ring (bicyclic) bond motifs is 1. The fourth-order valence-electron chi connectivity index (χ4n) is 5.72. The Hall–Kier alpha value is -3.86. The number of ether oxygens (including phenoxy) is 4. The number of carbonyl (C=O) groups is 1. The van der Waals surface area contributed by atoms with Gasteiger partial charge in [0.25, 0.3) is 5.91 Å². The molecule has 1 N–H and O–H groups in total. The molecule has 3 aromatic rings. The lowest BCUT2D eigenvalue weighted by Crippen LogP contribution is -2.36. The van der Waals surface area contributed by atoms with Gasteiger partial charge in [-0.1, -0.05) is 32.0 Å². The molecule has 0 unspecified atom stereocenters. The van der Waals surface area contributed by atoms with Crippen LogP contribution in [0.3, 0.4) is 0 Å². The molecule has 0 radical (unpaired) electrons. The van der Waals surface area contributed by atoms with Crippen LogP contribution >= 0.6 is 0 Å². The molecule has 0 saturated carbocycles. The van der Waals surface area contributed by atoms with Gasteiger partial charge in [-0.25, -0.2) is 8.42 Å². The molecule has 47 heavy (non-hydrogen) atoms. The van der Waals surface area contributed by atoms with E-state index in [1.54, 1.807) is 24.3 Å². The van der Waals surface area contributed by atoms with Gasteiger partial charge < -0.3 is 24.3 Å². The van der Waals surface area contributed by atoms with E-state index in [1.165, 1.54) is 0 Å². The third-order valence-corrected chi connectivity index (χ3v) is 10.2. The van der Waals surface area contributed by atoms with Gasteiger partial charge in [-0.15, -0.1) is 0 Å². The molecule has 0 aliphatic carbocycles. The fraction of sp³-hybridized carbons (Fsp3) is 0.432. The van der Waals surface area contributed by atoms with Gasteiger partial charge in [0, 0.05) is 37.1 Å². The van der Waals surface area contributed by atoms with E-state index in [1.807, 2.05) is 49.4 Å². The van der Waals surface area contributed by atoms with Crippen LogP contribution in [-0.2, 0) is 32.5 Å². The fourth-order valence-corrected chi connectivity index (χ4v) is 7.18.